The number of carbonyl (C=O) groups excluding carboxylic acids is 1. The van der Waals surface area contributed by atoms with Gasteiger partial charge in [0.2, 0.25) is 0 Å². The van der Waals surface area contributed by atoms with Crippen LogP contribution in [-0.2, 0) is 9.53 Å². The van der Waals surface area contributed by atoms with E-state index in [0.717, 1.165) is 32.1 Å². The molecule has 0 aromatic rings. The predicted octanol–water partition coefficient (Wildman–Crippen LogP) is 1.36. The Morgan fingerprint density at radius 3 is 2.24 bits per heavy atom. The standard InChI is InChI=1S/C19H35NO5/c1-12-5-3-7-16(21)18(23)17(22)8-4-6-13-11-14(20-2)9-10-15(13)19(24)25-12/h12-18,20-23H,3-11H2,1-2H3/t12?,13?,14?,15-,16?,17?,18?/m1/s1. The third-order valence-corrected chi connectivity index (χ3v) is 5.98. The highest BCUT2D eigenvalue weighted by atomic mass is 16.5. The molecular weight excluding hydrogens is 322 g/mol. The molecule has 146 valence electrons. The highest BCUT2D eigenvalue weighted by molar-refractivity contribution is 5.73. The average Bonchev–Trinajstić information content (AvgIpc) is 2.59. The molecule has 0 amide bonds. The number of cyclic esters (lactones) is 1. The second-order valence-electron chi connectivity index (χ2n) is 7.90. The van der Waals surface area contributed by atoms with Crippen molar-refractivity contribution >= 4 is 5.97 Å². The molecule has 0 spiro atoms. The maximum absolute atomic E-state index is 12.6. The second-order valence-corrected chi connectivity index (χ2v) is 7.90. The number of aliphatic hydroxyl groups is 3. The van der Waals surface area contributed by atoms with Crippen LogP contribution in [0.3, 0.4) is 0 Å². The van der Waals surface area contributed by atoms with Gasteiger partial charge in [-0.1, -0.05) is 6.42 Å². The molecule has 2 aliphatic rings. The van der Waals surface area contributed by atoms with Crippen LogP contribution >= 0.6 is 0 Å². The lowest BCUT2D eigenvalue weighted by Crippen LogP contribution is -2.40. The van der Waals surface area contributed by atoms with E-state index in [1.807, 2.05) is 14.0 Å². The molecule has 0 aromatic carbocycles. The Bertz CT molecular complexity index is 419. The summed E-state index contributed by atoms with van der Waals surface area (Å²) >= 11 is 0. The summed E-state index contributed by atoms with van der Waals surface area (Å²) in [5.41, 5.74) is 0. The number of rotatable bonds is 1. The van der Waals surface area contributed by atoms with Crippen LogP contribution in [0.2, 0.25) is 0 Å². The first-order valence-electron chi connectivity index (χ1n) is 9.84. The van der Waals surface area contributed by atoms with Crippen molar-refractivity contribution < 1.29 is 24.9 Å². The van der Waals surface area contributed by atoms with Crippen molar-refractivity contribution in [3.05, 3.63) is 0 Å². The molecule has 0 radical (unpaired) electrons. The Morgan fingerprint density at radius 2 is 1.60 bits per heavy atom. The minimum Gasteiger partial charge on any atom is -0.462 e. The summed E-state index contributed by atoms with van der Waals surface area (Å²) in [4.78, 5) is 12.6. The first-order chi connectivity index (χ1) is 11.9. The third kappa shape index (κ3) is 5.91. The van der Waals surface area contributed by atoms with E-state index in [9.17, 15) is 20.1 Å². The fourth-order valence-electron chi connectivity index (χ4n) is 4.30. The third-order valence-electron chi connectivity index (χ3n) is 5.98. The number of fused-ring (bicyclic) bond motifs is 1. The first-order valence-corrected chi connectivity index (χ1v) is 9.84. The highest BCUT2D eigenvalue weighted by Gasteiger charge is 2.36. The van der Waals surface area contributed by atoms with Crippen LogP contribution in [0.25, 0.3) is 0 Å². The van der Waals surface area contributed by atoms with Gasteiger partial charge < -0.3 is 25.4 Å². The monoisotopic (exact) mass is 357 g/mol. The largest absolute Gasteiger partial charge is 0.462 e. The van der Waals surface area contributed by atoms with Crippen LogP contribution in [0.1, 0.15) is 64.7 Å². The zero-order valence-electron chi connectivity index (χ0n) is 15.6. The summed E-state index contributed by atoms with van der Waals surface area (Å²) < 4.78 is 5.66. The van der Waals surface area contributed by atoms with Crippen LogP contribution < -0.4 is 5.32 Å². The van der Waals surface area contributed by atoms with Crippen molar-refractivity contribution in [1.82, 2.24) is 5.32 Å². The predicted molar refractivity (Wildman–Crippen MR) is 95.0 cm³/mol. The molecule has 0 bridgehead atoms. The van der Waals surface area contributed by atoms with E-state index in [0.29, 0.717) is 31.7 Å². The zero-order valence-corrected chi connectivity index (χ0v) is 15.6. The van der Waals surface area contributed by atoms with E-state index in [1.54, 1.807) is 0 Å². The normalized spacial score (nSPS) is 42.1. The highest BCUT2D eigenvalue weighted by Crippen LogP contribution is 2.35. The minimum absolute atomic E-state index is 0.0670. The van der Waals surface area contributed by atoms with Crippen molar-refractivity contribution in [2.45, 2.75) is 95.2 Å². The molecular formula is C19H35NO5. The quantitative estimate of drug-likeness (QED) is 0.529. The van der Waals surface area contributed by atoms with Crippen molar-refractivity contribution in [3.63, 3.8) is 0 Å². The number of hydrogen-bond acceptors (Lipinski definition) is 6. The molecule has 6 unspecified atom stereocenters. The molecule has 6 heteroatoms. The van der Waals surface area contributed by atoms with Crippen LogP contribution in [0.4, 0.5) is 0 Å². The molecule has 4 N–H and O–H groups in total. The fraction of sp³-hybridized carbons (Fsp3) is 0.947. The van der Waals surface area contributed by atoms with Gasteiger partial charge in [-0.25, -0.2) is 0 Å². The van der Waals surface area contributed by atoms with Crippen LogP contribution in [0.5, 0.6) is 0 Å². The summed E-state index contributed by atoms with van der Waals surface area (Å²) in [5.74, 6) is 0.0796. The molecule has 7 atom stereocenters. The van der Waals surface area contributed by atoms with E-state index in [-0.39, 0.29) is 23.9 Å². The molecule has 1 saturated heterocycles. The summed E-state index contributed by atoms with van der Waals surface area (Å²) in [6.07, 6.45) is 3.32. The van der Waals surface area contributed by atoms with Gasteiger partial charge in [-0.05, 0) is 71.3 Å². The van der Waals surface area contributed by atoms with Gasteiger partial charge in [0.15, 0.2) is 0 Å². The van der Waals surface area contributed by atoms with Crippen molar-refractivity contribution in [3.8, 4) is 0 Å². The van der Waals surface area contributed by atoms with E-state index in [2.05, 4.69) is 5.32 Å². The van der Waals surface area contributed by atoms with E-state index in [1.165, 1.54) is 0 Å². The molecule has 1 heterocycles. The zero-order chi connectivity index (χ0) is 18.4. The molecule has 1 saturated carbocycles. The lowest BCUT2D eigenvalue weighted by atomic mass is 9.74. The number of esters is 1. The molecule has 1 aliphatic carbocycles. The smallest absolute Gasteiger partial charge is 0.309 e. The van der Waals surface area contributed by atoms with Crippen molar-refractivity contribution in [2.75, 3.05) is 7.05 Å². The maximum Gasteiger partial charge on any atom is 0.309 e. The minimum atomic E-state index is -1.10. The molecule has 2 rings (SSSR count). The lowest BCUT2D eigenvalue weighted by molar-refractivity contribution is -0.157. The summed E-state index contributed by atoms with van der Waals surface area (Å²) in [6.45, 7) is 1.88. The Labute approximate surface area is 151 Å². The fourth-order valence-corrected chi connectivity index (χ4v) is 4.30. The maximum atomic E-state index is 12.6. The average molecular weight is 357 g/mol. The van der Waals surface area contributed by atoms with E-state index >= 15 is 0 Å². The molecule has 25 heavy (non-hydrogen) atoms. The first kappa shape index (κ1) is 20.6. The van der Waals surface area contributed by atoms with E-state index < -0.39 is 18.3 Å². The van der Waals surface area contributed by atoms with E-state index in [4.69, 9.17) is 4.74 Å². The summed E-state index contributed by atoms with van der Waals surface area (Å²) in [5, 5.41) is 33.6. The number of carbonyl (C=O) groups is 1. The molecule has 6 nitrogen and oxygen atoms in total. The molecule has 0 aromatic heterocycles. The van der Waals surface area contributed by atoms with Gasteiger partial charge in [0.05, 0.1) is 24.2 Å². The number of ether oxygens (including phenoxy) is 1. The Morgan fingerprint density at radius 1 is 0.960 bits per heavy atom. The summed E-state index contributed by atoms with van der Waals surface area (Å²) in [7, 11) is 1.95. The summed E-state index contributed by atoms with van der Waals surface area (Å²) in [6, 6.07) is 0.419. The topological polar surface area (TPSA) is 99.0 Å². The van der Waals surface area contributed by atoms with Gasteiger partial charge in [0, 0.05) is 6.04 Å². The molecule has 1 aliphatic heterocycles. The lowest BCUT2D eigenvalue weighted by Gasteiger charge is -2.36. The van der Waals surface area contributed by atoms with Crippen LogP contribution in [-0.4, -0.2) is 58.8 Å². The van der Waals surface area contributed by atoms with Gasteiger partial charge in [0.1, 0.15) is 6.10 Å². The van der Waals surface area contributed by atoms with Gasteiger partial charge in [-0.15, -0.1) is 0 Å². The number of hydrogen-bond donors (Lipinski definition) is 4. The SMILES string of the molecule is CNC1CC[C@H]2C(=O)OC(C)CCCC(O)C(O)C(O)CCCC2C1. The Kier molecular flexibility index (Phi) is 8.13. The van der Waals surface area contributed by atoms with Crippen LogP contribution in [0.15, 0.2) is 0 Å². The number of aliphatic hydroxyl groups excluding tert-OH is 3. The van der Waals surface area contributed by atoms with Crippen LogP contribution in [0, 0.1) is 11.8 Å². The second kappa shape index (κ2) is 9.86. The number of nitrogens with one attached hydrogen (secondary N) is 1. The van der Waals surface area contributed by atoms with Gasteiger partial charge in [0.25, 0.3) is 0 Å². The van der Waals surface area contributed by atoms with Crippen molar-refractivity contribution in [2.24, 2.45) is 11.8 Å². The Balaban J connectivity index is 2.06. The van der Waals surface area contributed by atoms with Crippen molar-refractivity contribution in [1.29, 1.82) is 0 Å². The van der Waals surface area contributed by atoms with Gasteiger partial charge >= 0.3 is 5.97 Å². The van der Waals surface area contributed by atoms with Gasteiger partial charge in [-0.3, -0.25) is 4.79 Å². The van der Waals surface area contributed by atoms with Gasteiger partial charge in [-0.2, -0.15) is 0 Å². The Hall–Kier alpha value is -0.690. The molecule has 2 fully saturated rings.